The lowest BCUT2D eigenvalue weighted by Gasteiger charge is -2.28. The minimum atomic E-state index is -0.941. The summed E-state index contributed by atoms with van der Waals surface area (Å²) in [6.45, 7) is 2.01. The van der Waals surface area contributed by atoms with Crippen LogP contribution in [-0.2, 0) is 18.4 Å². The molecule has 0 bridgehead atoms. The number of fused-ring (bicyclic) bond motifs is 2. The monoisotopic (exact) mass is 239 g/mol. The molecule has 1 aromatic carbocycles. The van der Waals surface area contributed by atoms with E-state index in [-0.39, 0.29) is 0 Å². The average Bonchev–Trinajstić information content (AvgIpc) is 2.56. The summed E-state index contributed by atoms with van der Waals surface area (Å²) in [6, 6.07) is 12.2. The SMILES string of the molecule is CC[C@]1(O)c2ccccc2CCc2cccnc21. The van der Waals surface area contributed by atoms with Gasteiger partial charge in [0.15, 0.2) is 0 Å². The molecule has 92 valence electrons. The summed E-state index contributed by atoms with van der Waals surface area (Å²) in [6.07, 6.45) is 4.33. The standard InChI is InChI=1S/C16H17NO/c1-2-16(18)14-8-4-3-6-12(14)9-10-13-7-5-11-17-15(13)16/h3-8,11,18H,2,9-10H2,1H3/t16-/m0/s1. The van der Waals surface area contributed by atoms with Crippen molar-refractivity contribution >= 4 is 0 Å². The second-order valence-corrected chi connectivity index (χ2v) is 4.88. The van der Waals surface area contributed by atoms with Crippen LogP contribution in [0.1, 0.15) is 35.7 Å². The number of hydrogen-bond donors (Lipinski definition) is 1. The quantitative estimate of drug-likeness (QED) is 0.830. The minimum absolute atomic E-state index is 0.647. The minimum Gasteiger partial charge on any atom is -0.379 e. The van der Waals surface area contributed by atoms with Crippen LogP contribution in [0.3, 0.4) is 0 Å². The van der Waals surface area contributed by atoms with E-state index < -0.39 is 5.60 Å². The zero-order valence-corrected chi connectivity index (χ0v) is 10.6. The van der Waals surface area contributed by atoms with Crippen LogP contribution in [0, 0.1) is 0 Å². The zero-order valence-electron chi connectivity index (χ0n) is 10.6. The number of aromatic nitrogens is 1. The van der Waals surface area contributed by atoms with Gasteiger partial charge in [-0.25, -0.2) is 0 Å². The molecule has 1 aliphatic carbocycles. The number of nitrogens with zero attached hydrogens (tertiary/aromatic N) is 1. The van der Waals surface area contributed by atoms with Gasteiger partial charge in [-0.2, -0.15) is 0 Å². The maximum Gasteiger partial charge on any atom is 0.132 e. The zero-order chi connectivity index (χ0) is 12.6. The van der Waals surface area contributed by atoms with Gasteiger partial charge in [0.1, 0.15) is 5.60 Å². The second kappa shape index (κ2) is 4.21. The number of aryl methyl sites for hydroxylation is 2. The first-order chi connectivity index (χ1) is 8.75. The first-order valence-electron chi connectivity index (χ1n) is 6.51. The van der Waals surface area contributed by atoms with E-state index in [1.54, 1.807) is 6.20 Å². The van der Waals surface area contributed by atoms with Crippen LogP contribution in [0.4, 0.5) is 0 Å². The Morgan fingerprint density at radius 1 is 1.11 bits per heavy atom. The van der Waals surface area contributed by atoms with E-state index in [0.29, 0.717) is 6.42 Å². The Morgan fingerprint density at radius 3 is 2.67 bits per heavy atom. The average molecular weight is 239 g/mol. The van der Waals surface area contributed by atoms with Crippen LogP contribution >= 0.6 is 0 Å². The first kappa shape index (κ1) is 11.4. The Bertz CT molecular complexity index is 529. The van der Waals surface area contributed by atoms with Crippen LogP contribution in [0.5, 0.6) is 0 Å². The highest BCUT2D eigenvalue weighted by Crippen LogP contribution is 2.38. The van der Waals surface area contributed by atoms with Crippen molar-refractivity contribution in [2.75, 3.05) is 0 Å². The molecule has 0 saturated carbocycles. The van der Waals surface area contributed by atoms with Gasteiger partial charge in [-0.1, -0.05) is 37.3 Å². The molecule has 2 aromatic rings. The Morgan fingerprint density at radius 2 is 1.83 bits per heavy atom. The van der Waals surface area contributed by atoms with Crippen molar-refractivity contribution in [3.63, 3.8) is 0 Å². The van der Waals surface area contributed by atoms with Crippen molar-refractivity contribution in [2.45, 2.75) is 31.8 Å². The Hall–Kier alpha value is -1.67. The molecule has 2 heteroatoms. The lowest BCUT2D eigenvalue weighted by atomic mass is 9.85. The Balaban J connectivity index is 2.29. The number of hydrogen-bond acceptors (Lipinski definition) is 2. The van der Waals surface area contributed by atoms with E-state index in [1.807, 2.05) is 31.2 Å². The van der Waals surface area contributed by atoms with E-state index in [0.717, 1.165) is 29.7 Å². The summed E-state index contributed by atoms with van der Waals surface area (Å²) >= 11 is 0. The van der Waals surface area contributed by atoms with Crippen LogP contribution in [0.2, 0.25) is 0 Å². The summed E-state index contributed by atoms with van der Waals surface area (Å²) in [5.74, 6) is 0. The Kier molecular flexibility index (Phi) is 2.67. The van der Waals surface area contributed by atoms with Gasteiger partial charge in [-0.3, -0.25) is 4.98 Å². The predicted octanol–water partition coefficient (Wildman–Crippen LogP) is 2.83. The highest BCUT2D eigenvalue weighted by molar-refractivity contribution is 5.44. The van der Waals surface area contributed by atoms with E-state index in [4.69, 9.17) is 0 Å². The van der Waals surface area contributed by atoms with Crippen LogP contribution < -0.4 is 0 Å². The summed E-state index contributed by atoms with van der Waals surface area (Å²) in [5.41, 5.74) is 3.31. The number of aliphatic hydroxyl groups is 1. The maximum absolute atomic E-state index is 11.1. The molecule has 0 amide bonds. The fraction of sp³-hybridized carbons (Fsp3) is 0.312. The number of benzene rings is 1. The van der Waals surface area contributed by atoms with Crippen LogP contribution in [-0.4, -0.2) is 10.1 Å². The highest BCUT2D eigenvalue weighted by atomic mass is 16.3. The molecule has 0 saturated heterocycles. The van der Waals surface area contributed by atoms with Gasteiger partial charge < -0.3 is 5.11 Å². The molecule has 18 heavy (non-hydrogen) atoms. The van der Waals surface area contributed by atoms with Gasteiger partial charge in [-0.05, 0) is 42.0 Å². The molecule has 1 atom stereocenters. The first-order valence-corrected chi connectivity index (χ1v) is 6.51. The molecule has 0 aliphatic heterocycles. The third-order valence-corrected chi connectivity index (χ3v) is 3.92. The normalized spacial score (nSPS) is 21.9. The largest absolute Gasteiger partial charge is 0.379 e. The number of pyridine rings is 1. The van der Waals surface area contributed by atoms with Gasteiger partial charge in [0.05, 0.1) is 5.69 Å². The highest BCUT2D eigenvalue weighted by Gasteiger charge is 2.36. The fourth-order valence-electron chi connectivity index (χ4n) is 2.91. The summed E-state index contributed by atoms with van der Waals surface area (Å²) in [5, 5.41) is 11.1. The van der Waals surface area contributed by atoms with Gasteiger partial charge in [0, 0.05) is 6.20 Å². The summed E-state index contributed by atoms with van der Waals surface area (Å²) in [4.78, 5) is 4.45. The molecule has 0 spiro atoms. The predicted molar refractivity (Wildman–Crippen MR) is 71.4 cm³/mol. The third kappa shape index (κ3) is 1.57. The molecule has 0 radical (unpaired) electrons. The molecule has 1 heterocycles. The lowest BCUT2D eigenvalue weighted by molar-refractivity contribution is 0.0712. The lowest BCUT2D eigenvalue weighted by Crippen LogP contribution is -2.28. The van der Waals surface area contributed by atoms with Crippen LogP contribution in [0.15, 0.2) is 42.6 Å². The summed E-state index contributed by atoms with van der Waals surface area (Å²) in [7, 11) is 0. The van der Waals surface area contributed by atoms with E-state index in [2.05, 4.69) is 17.1 Å². The Labute approximate surface area is 107 Å². The number of rotatable bonds is 1. The van der Waals surface area contributed by atoms with Gasteiger partial charge in [0.2, 0.25) is 0 Å². The van der Waals surface area contributed by atoms with Gasteiger partial charge >= 0.3 is 0 Å². The second-order valence-electron chi connectivity index (χ2n) is 4.88. The van der Waals surface area contributed by atoms with E-state index in [9.17, 15) is 5.11 Å². The van der Waals surface area contributed by atoms with Gasteiger partial charge in [0.25, 0.3) is 0 Å². The van der Waals surface area contributed by atoms with E-state index in [1.165, 1.54) is 5.56 Å². The van der Waals surface area contributed by atoms with Crippen LogP contribution in [0.25, 0.3) is 0 Å². The van der Waals surface area contributed by atoms with Crippen molar-refractivity contribution in [3.05, 3.63) is 65.0 Å². The van der Waals surface area contributed by atoms with Crippen molar-refractivity contribution in [1.82, 2.24) is 4.98 Å². The summed E-state index contributed by atoms with van der Waals surface area (Å²) < 4.78 is 0. The molecule has 0 fully saturated rings. The van der Waals surface area contributed by atoms with Crippen molar-refractivity contribution in [3.8, 4) is 0 Å². The molecule has 2 nitrogen and oxygen atoms in total. The molecule has 1 aromatic heterocycles. The molecule has 1 N–H and O–H groups in total. The molecular weight excluding hydrogens is 222 g/mol. The third-order valence-electron chi connectivity index (χ3n) is 3.92. The topological polar surface area (TPSA) is 33.1 Å². The molecule has 0 unspecified atom stereocenters. The maximum atomic E-state index is 11.1. The smallest absolute Gasteiger partial charge is 0.132 e. The molecule has 3 rings (SSSR count). The fourth-order valence-corrected chi connectivity index (χ4v) is 2.91. The van der Waals surface area contributed by atoms with Crippen molar-refractivity contribution in [2.24, 2.45) is 0 Å². The van der Waals surface area contributed by atoms with Crippen molar-refractivity contribution < 1.29 is 5.11 Å². The molecular formula is C16H17NO. The van der Waals surface area contributed by atoms with Crippen molar-refractivity contribution in [1.29, 1.82) is 0 Å². The van der Waals surface area contributed by atoms with E-state index >= 15 is 0 Å². The van der Waals surface area contributed by atoms with Gasteiger partial charge in [-0.15, -0.1) is 0 Å². The molecule has 1 aliphatic rings.